The minimum absolute atomic E-state index is 0.350. The number of alkyl halides is 3. The average molecular weight is 188 g/mol. The van der Waals surface area contributed by atoms with Gasteiger partial charge in [-0.05, 0) is 22.9 Å². The fraction of sp³-hybridized carbons (Fsp3) is 0.125. The SMILES string of the molecule is [O]/N=C/c1ccc(C(F)(F)F)cc1. The van der Waals surface area contributed by atoms with E-state index in [2.05, 4.69) is 5.16 Å². The van der Waals surface area contributed by atoms with Gasteiger partial charge >= 0.3 is 6.18 Å². The Bertz CT molecular complexity index is 302. The predicted octanol–water partition coefficient (Wildman–Crippen LogP) is 2.47. The summed E-state index contributed by atoms with van der Waals surface area (Å²) in [5.74, 6) is 0. The molecule has 2 nitrogen and oxygen atoms in total. The molecule has 0 aliphatic heterocycles. The topological polar surface area (TPSA) is 32.3 Å². The molecule has 0 bridgehead atoms. The summed E-state index contributed by atoms with van der Waals surface area (Å²) in [6.07, 6.45) is -3.40. The van der Waals surface area contributed by atoms with Gasteiger partial charge in [-0.2, -0.15) is 13.2 Å². The molecule has 0 atom stereocenters. The van der Waals surface area contributed by atoms with E-state index in [1.807, 2.05) is 0 Å². The van der Waals surface area contributed by atoms with Gasteiger partial charge in [-0.25, -0.2) is 0 Å². The maximum Gasteiger partial charge on any atom is 0.416 e. The Labute approximate surface area is 72.3 Å². The molecule has 1 radical (unpaired) electrons. The molecule has 0 heterocycles. The van der Waals surface area contributed by atoms with E-state index in [4.69, 9.17) is 0 Å². The lowest BCUT2D eigenvalue weighted by molar-refractivity contribution is -0.137. The minimum Gasteiger partial charge on any atom is -0.166 e. The molecular weight excluding hydrogens is 183 g/mol. The lowest BCUT2D eigenvalue weighted by atomic mass is 10.1. The monoisotopic (exact) mass is 188 g/mol. The molecule has 1 rings (SSSR count). The number of benzene rings is 1. The van der Waals surface area contributed by atoms with Crippen LogP contribution in [0.1, 0.15) is 11.1 Å². The van der Waals surface area contributed by atoms with Gasteiger partial charge in [0.05, 0.1) is 11.8 Å². The van der Waals surface area contributed by atoms with E-state index < -0.39 is 11.7 Å². The standard InChI is InChI=1S/C8H5F3NO/c9-8(10,11)7-3-1-6(2-4-7)5-12-13/h1-5H/b12-5+. The Hall–Kier alpha value is -1.52. The largest absolute Gasteiger partial charge is 0.416 e. The van der Waals surface area contributed by atoms with Gasteiger partial charge in [0.15, 0.2) is 0 Å². The second-order valence-corrected chi connectivity index (χ2v) is 2.35. The van der Waals surface area contributed by atoms with E-state index in [9.17, 15) is 18.4 Å². The Balaban J connectivity index is 2.94. The van der Waals surface area contributed by atoms with Gasteiger partial charge < -0.3 is 0 Å². The van der Waals surface area contributed by atoms with Crippen molar-refractivity contribution in [1.29, 1.82) is 0 Å². The summed E-state index contributed by atoms with van der Waals surface area (Å²) in [7, 11) is 0. The van der Waals surface area contributed by atoms with Gasteiger partial charge in [-0.1, -0.05) is 12.1 Å². The van der Waals surface area contributed by atoms with Crippen molar-refractivity contribution in [2.24, 2.45) is 5.16 Å². The second kappa shape index (κ2) is 3.47. The van der Waals surface area contributed by atoms with Crippen molar-refractivity contribution >= 4 is 6.21 Å². The van der Waals surface area contributed by atoms with Crippen LogP contribution in [0, 0.1) is 0 Å². The van der Waals surface area contributed by atoms with Crippen LogP contribution in [0.2, 0.25) is 0 Å². The van der Waals surface area contributed by atoms with Crippen molar-refractivity contribution < 1.29 is 18.4 Å². The molecule has 0 N–H and O–H groups in total. The molecule has 69 valence electrons. The zero-order chi connectivity index (χ0) is 9.90. The van der Waals surface area contributed by atoms with E-state index in [1.165, 1.54) is 12.1 Å². The van der Waals surface area contributed by atoms with Gasteiger partial charge in [0, 0.05) is 0 Å². The minimum atomic E-state index is -4.34. The maximum atomic E-state index is 12.0. The van der Waals surface area contributed by atoms with Crippen molar-refractivity contribution in [3.8, 4) is 0 Å². The average Bonchev–Trinajstić information content (AvgIpc) is 2.04. The maximum absolute atomic E-state index is 12.0. The molecule has 0 fully saturated rings. The van der Waals surface area contributed by atoms with E-state index in [0.717, 1.165) is 18.3 Å². The van der Waals surface area contributed by atoms with Gasteiger partial charge in [0.2, 0.25) is 0 Å². The van der Waals surface area contributed by atoms with Crippen LogP contribution in [0.4, 0.5) is 13.2 Å². The summed E-state index contributed by atoms with van der Waals surface area (Å²) in [6.45, 7) is 0. The summed E-state index contributed by atoms with van der Waals surface area (Å²) in [6, 6.07) is 4.17. The first-order valence-corrected chi connectivity index (χ1v) is 3.37. The molecule has 1 aromatic carbocycles. The van der Waals surface area contributed by atoms with Crippen LogP contribution in [0.5, 0.6) is 0 Å². The van der Waals surface area contributed by atoms with Crippen molar-refractivity contribution in [1.82, 2.24) is 0 Å². The van der Waals surface area contributed by atoms with Crippen molar-refractivity contribution in [3.05, 3.63) is 35.4 Å². The molecule has 0 aliphatic carbocycles. The second-order valence-electron chi connectivity index (χ2n) is 2.35. The molecule has 0 saturated carbocycles. The van der Waals surface area contributed by atoms with Crippen LogP contribution < -0.4 is 0 Å². The molecule has 13 heavy (non-hydrogen) atoms. The number of hydrogen-bond donors (Lipinski definition) is 0. The first kappa shape index (κ1) is 9.57. The zero-order valence-corrected chi connectivity index (χ0v) is 6.38. The van der Waals surface area contributed by atoms with Gasteiger partial charge in [-0.3, -0.25) is 0 Å². The number of hydrogen-bond acceptors (Lipinski definition) is 1. The third-order valence-electron chi connectivity index (χ3n) is 1.44. The summed E-state index contributed by atoms with van der Waals surface area (Å²) in [5.41, 5.74) is -0.390. The molecule has 0 unspecified atom stereocenters. The molecule has 0 spiro atoms. The highest BCUT2D eigenvalue weighted by Crippen LogP contribution is 2.28. The molecule has 0 amide bonds. The van der Waals surface area contributed by atoms with Crippen LogP contribution in [-0.2, 0) is 11.4 Å². The summed E-state index contributed by atoms with van der Waals surface area (Å²) in [5, 5.41) is 12.2. The van der Waals surface area contributed by atoms with E-state index >= 15 is 0 Å². The van der Waals surface area contributed by atoms with Crippen LogP contribution in [0.3, 0.4) is 0 Å². The van der Waals surface area contributed by atoms with Crippen LogP contribution in [0.25, 0.3) is 0 Å². The Morgan fingerprint density at radius 3 is 2.08 bits per heavy atom. The van der Waals surface area contributed by atoms with E-state index in [-0.39, 0.29) is 0 Å². The zero-order valence-electron chi connectivity index (χ0n) is 6.38. The summed E-state index contributed by atoms with van der Waals surface area (Å²) >= 11 is 0. The lowest BCUT2D eigenvalue weighted by Gasteiger charge is -2.05. The normalized spacial score (nSPS) is 12.2. The fourth-order valence-electron chi connectivity index (χ4n) is 0.819. The first-order valence-electron chi connectivity index (χ1n) is 3.37. The third kappa shape index (κ3) is 2.47. The van der Waals surface area contributed by atoms with Crippen LogP contribution in [-0.4, -0.2) is 6.21 Å². The summed E-state index contributed by atoms with van der Waals surface area (Å²) < 4.78 is 36.0. The highest BCUT2D eigenvalue weighted by molar-refractivity contribution is 5.78. The van der Waals surface area contributed by atoms with Gasteiger partial charge in [-0.15, -0.1) is 5.21 Å². The van der Waals surface area contributed by atoms with Crippen LogP contribution >= 0.6 is 0 Å². The quantitative estimate of drug-likeness (QED) is 0.479. The van der Waals surface area contributed by atoms with Gasteiger partial charge in [0.25, 0.3) is 0 Å². The molecule has 0 aromatic heterocycles. The Kier molecular flexibility index (Phi) is 2.55. The van der Waals surface area contributed by atoms with E-state index in [0.29, 0.717) is 5.56 Å². The van der Waals surface area contributed by atoms with Crippen molar-refractivity contribution in [2.45, 2.75) is 6.18 Å². The van der Waals surface area contributed by atoms with Gasteiger partial charge in [0.1, 0.15) is 0 Å². The highest BCUT2D eigenvalue weighted by atomic mass is 19.4. The Morgan fingerprint density at radius 2 is 1.69 bits per heavy atom. The number of rotatable bonds is 1. The number of nitrogens with zero attached hydrogens (tertiary/aromatic N) is 1. The fourth-order valence-corrected chi connectivity index (χ4v) is 0.819. The van der Waals surface area contributed by atoms with Crippen molar-refractivity contribution in [3.63, 3.8) is 0 Å². The molecule has 0 saturated heterocycles. The molecule has 1 aromatic rings. The van der Waals surface area contributed by atoms with E-state index in [1.54, 1.807) is 0 Å². The highest BCUT2D eigenvalue weighted by Gasteiger charge is 2.29. The third-order valence-corrected chi connectivity index (χ3v) is 1.44. The predicted molar refractivity (Wildman–Crippen MR) is 39.7 cm³/mol. The molecule has 5 heteroatoms. The lowest BCUT2D eigenvalue weighted by Crippen LogP contribution is -2.04. The van der Waals surface area contributed by atoms with Crippen molar-refractivity contribution in [2.75, 3.05) is 0 Å². The number of halogens is 3. The Morgan fingerprint density at radius 1 is 1.15 bits per heavy atom. The smallest absolute Gasteiger partial charge is 0.166 e. The first-order chi connectivity index (χ1) is 6.04. The van der Waals surface area contributed by atoms with Crippen LogP contribution in [0.15, 0.2) is 29.4 Å². The molecule has 0 aliphatic rings. The molecular formula is C8H5F3NO. The summed E-state index contributed by atoms with van der Waals surface area (Å²) in [4.78, 5) is 0.